The number of fused-ring (bicyclic) bond motifs is 6. The van der Waals surface area contributed by atoms with E-state index in [0.717, 1.165) is 6.42 Å². The molecule has 29 heavy (non-hydrogen) atoms. The summed E-state index contributed by atoms with van der Waals surface area (Å²) < 4.78 is 0. The molecule has 1 atom stereocenters. The summed E-state index contributed by atoms with van der Waals surface area (Å²) in [6, 6.07) is 24.6. The molecular weight excluding hydrogens is 348 g/mol. The molecule has 0 fully saturated rings. The molecule has 0 saturated heterocycles. The third-order valence-corrected chi connectivity index (χ3v) is 6.55. The lowest BCUT2D eigenvalue weighted by Gasteiger charge is -2.31. The maximum Gasteiger partial charge on any atom is 0.0172 e. The summed E-state index contributed by atoms with van der Waals surface area (Å²) in [5, 5.41) is 7.97. The Morgan fingerprint density at radius 1 is 0.724 bits per heavy atom. The van der Waals surface area contributed by atoms with Crippen LogP contribution in [0.25, 0.3) is 32.3 Å². The fourth-order valence-corrected chi connectivity index (χ4v) is 4.65. The molecule has 4 aromatic carbocycles. The first-order valence-corrected chi connectivity index (χ1v) is 10.4. The average molecular weight is 373 g/mol. The molecule has 0 aromatic heterocycles. The molecule has 5 rings (SSSR count). The minimum atomic E-state index is -0.0478. The second-order valence-corrected chi connectivity index (χ2v) is 8.02. The van der Waals surface area contributed by atoms with Crippen molar-refractivity contribution in [3.8, 4) is 0 Å². The van der Waals surface area contributed by atoms with Crippen LogP contribution in [0.1, 0.15) is 25.8 Å². The van der Waals surface area contributed by atoms with Gasteiger partial charge in [-0.15, -0.1) is 5.73 Å². The summed E-state index contributed by atoms with van der Waals surface area (Å²) >= 11 is 0. The van der Waals surface area contributed by atoms with Crippen molar-refractivity contribution in [2.24, 2.45) is 0 Å². The van der Waals surface area contributed by atoms with Crippen LogP contribution in [0, 0.1) is 0 Å². The van der Waals surface area contributed by atoms with E-state index in [1.165, 1.54) is 43.5 Å². The Bertz CT molecular complexity index is 1340. The predicted octanol–water partition coefficient (Wildman–Crippen LogP) is 8.02. The van der Waals surface area contributed by atoms with Gasteiger partial charge in [0, 0.05) is 5.41 Å². The van der Waals surface area contributed by atoms with Gasteiger partial charge in [0.15, 0.2) is 0 Å². The van der Waals surface area contributed by atoms with Crippen LogP contribution in [0.4, 0.5) is 0 Å². The molecule has 0 heterocycles. The van der Waals surface area contributed by atoms with Gasteiger partial charge in [-0.05, 0) is 68.1 Å². The molecule has 1 aliphatic rings. The maximum atomic E-state index is 3.19. The number of rotatable bonds is 3. The first kappa shape index (κ1) is 17.7. The highest BCUT2D eigenvalue weighted by Gasteiger charge is 2.28. The van der Waals surface area contributed by atoms with Gasteiger partial charge in [-0.3, -0.25) is 0 Å². The summed E-state index contributed by atoms with van der Waals surface area (Å²) in [6.07, 6.45) is 11.5. The molecule has 140 valence electrons. The maximum absolute atomic E-state index is 3.19. The highest BCUT2D eigenvalue weighted by molar-refractivity contribution is 6.25. The second kappa shape index (κ2) is 6.92. The third kappa shape index (κ3) is 2.77. The average Bonchev–Trinajstić information content (AvgIpc) is 3.08. The van der Waals surface area contributed by atoms with Crippen molar-refractivity contribution < 1.29 is 0 Å². The zero-order valence-electron chi connectivity index (χ0n) is 16.9. The molecule has 0 aliphatic heterocycles. The molecule has 0 radical (unpaired) electrons. The van der Waals surface area contributed by atoms with E-state index in [9.17, 15) is 0 Å². The monoisotopic (exact) mass is 372 g/mol. The minimum Gasteiger partial charge on any atom is -0.121 e. The summed E-state index contributed by atoms with van der Waals surface area (Å²) in [7, 11) is 0. The van der Waals surface area contributed by atoms with Gasteiger partial charge in [-0.2, -0.15) is 0 Å². The summed E-state index contributed by atoms with van der Waals surface area (Å²) in [5.74, 6) is 0. The molecule has 0 bridgehead atoms. The van der Waals surface area contributed by atoms with Crippen molar-refractivity contribution in [2.75, 3.05) is 0 Å². The Labute approximate surface area is 172 Å². The molecule has 0 saturated carbocycles. The number of allylic oxidation sites excluding steroid dienone is 5. The van der Waals surface area contributed by atoms with E-state index in [-0.39, 0.29) is 5.41 Å². The van der Waals surface area contributed by atoms with E-state index >= 15 is 0 Å². The van der Waals surface area contributed by atoms with Gasteiger partial charge in [0.2, 0.25) is 0 Å². The van der Waals surface area contributed by atoms with Crippen LogP contribution in [0.15, 0.2) is 108 Å². The van der Waals surface area contributed by atoms with Gasteiger partial charge in [0.1, 0.15) is 0 Å². The Balaban J connectivity index is 1.84. The molecule has 1 aliphatic carbocycles. The Hall–Kier alpha value is -3.34. The normalized spacial score (nSPS) is 15.6. The van der Waals surface area contributed by atoms with Crippen LogP contribution in [0.5, 0.6) is 0 Å². The van der Waals surface area contributed by atoms with E-state index in [4.69, 9.17) is 0 Å². The van der Waals surface area contributed by atoms with Crippen LogP contribution in [-0.4, -0.2) is 0 Å². The lowest BCUT2D eigenvalue weighted by Crippen LogP contribution is -2.23. The summed E-state index contributed by atoms with van der Waals surface area (Å²) in [4.78, 5) is 0. The van der Waals surface area contributed by atoms with Crippen LogP contribution >= 0.6 is 0 Å². The first-order valence-electron chi connectivity index (χ1n) is 10.4. The van der Waals surface area contributed by atoms with Crippen LogP contribution in [0.2, 0.25) is 0 Å². The quantitative estimate of drug-likeness (QED) is 0.252. The topological polar surface area (TPSA) is 0 Å². The Morgan fingerprint density at radius 2 is 1.31 bits per heavy atom. The zero-order valence-corrected chi connectivity index (χ0v) is 16.9. The van der Waals surface area contributed by atoms with Crippen molar-refractivity contribution in [3.05, 3.63) is 114 Å². The van der Waals surface area contributed by atoms with Crippen molar-refractivity contribution in [1.82, 2.24) is 0 Å². The van der Waals surface area contributed by atoms with Crippen molar-refractivity contribution >= 4 is 32.3 Å². The molecule has 0 amide bonds. The lowest BCUT2D eigenvalue weighted by atomic mass is 9.72. The van der Waals surface area contributed by atoms with E-state index in [2.05, 4.69) is 105 Å². The van der Waals surface area contributed by atoms with Gasteiger partial charge >= 0.3 is 0 Å². The SMILES string of the molecule is CCC(C)(C1=CC=C=CC=C1)c1ccc2c3ccccc3c3ccccc3c2c1. The van der Waals surface area contributed by atoms with Crippen molar-refractivity contribution in [1.29, 1.82) is 0 Å². The Kier molecular flexibility index (Phi) is 4.23. The van der Waals surface area contributed by atoms with E-state index in [1.54, 1.807) is 0 Å². The van der Waals surface area contributed by atoms with Crippen LogP contribution in [0.3, 0.4) is 0 Å². The number of hydrogen-bond donors (Lipinski definition) is 0. The van der Waals surface area contributed by atoms with Crippen molar-refractivity contribution in [2.45, 2.75) is 25.7 Å². The lowest BCUT2D eigenvalue weighted by molar-refractivity contribution is 0.549. The van der Waals surface area contributed by atoms with Crippen molar-refractivity contribution in [3.63, 3.8) is 0 Å². The Morgan fingerprint density at radius 3 is 1.93 bits per heavy atom. The van der Waals surface area contributed by atoms with E-state index in [1.807, 2.05) is 12.2 Å². The van der Waals surface area contributed by atoms with E-state index < -0.39 is 0 Å². The van der Waals surface area contributed by atoms with Gasteiger partial charge in [-0.1, -0.05) is 92.7 Å². The van der Waals surface area contributed by atoms with Gasteiger partial charge < -0.3 is 0 Å². The van der Waals surface area contributed by atoms with Crippen LogP contribution < -0.4 is 0 Å². The van der Waals surface area contributed by atoms with E-state index in [0.29, 0.717) is 0 Å². The van der Waals surface area contributed by atoms with Gasteiger partial charge in [0.25, 0.3) is 0 Å². The summed E-state index contributed by atoms with van der Waals surface area (Å²) in [6.45, 7) is 4.63. The summed E-state index contributed by atoms with van der Waals surface area (Å²) in [5.41, 5.74) is 5.82. The zero-order chi connectivity index (χ0) is 19.8. The molecule has 0 nitrogen and oxygen atoms in total. The highest BCUT2D eigenvalue weighted by atomic mass is 14.3. The first-order chi connectivity index (χ1) is 14.2. The third-order valence-electron chi connectivity index (χ3n) is 6.55. The molecular formula is C29H24. The predicted molar refractivity (Wildman–Crippen MR) is 126 cm³/mol. The largest absolute Gasteiger partial charge is 0.121 e. The molecule has 0 heteroatoms. The molecule has 0 spiro atoms. The number of hydrogen-bond acceptors (Lipinski definition) is 0. The highest BCUT2D eigenvalue weighted by Crippen LogP contribution is 2.41. The fourth-order valence-electron chi connectivity index (χ4n) is 4.65. The standard InChI is InChI=1S/C29H24/c1-3-29(2,21-12-6-4-5-7-13-21)22-18-19-27-25-16-9-8-14-23(25)24-15-10-11-17-26(24)28(27)20-22/h4,6-20H,3H2,1-2H3. The fraction of sp³-hybridized carbons (Fsp3) is 0.138. The molecule has 4 aromatic rings. The number of benzene rings is 4. The van der Waals surface area contributed by atoms with Gasteiger partial charge in [-0.25, -0.2) is 0 Å². The smallest absolute Gasteiger partial charge is 0.0172 e. The molecule has 0 N–H and O–H groups in total. The second-order valence-electron chi connectivity index (χ2n) is 8.02. The molecule has 1 unspecified atom stereocenters. The van der Waals surface area contributed by atoms with Gasteiger partial charge in [0.05, 0.1) is 0 Å². The minimum absolute atomic E-state index is 0.0478. The van der Waals surface area contributed by atoms with Crippen LogP contribution in [-0.2, 0) is 5.41 Å².